The number of aromatic amines is 1. The third-order valence-electron chi connectivity index (χ3n) is 2.33. The Morgan fingerprint density at radius 2 is 2.21 bits per heavy atom. The Kier molecular flexibility index (Phi) is 2.33. The van der Waals surface area contributed by atoms with Gasteiger partial charge in [-0.3, -0.25) is 0 Å². The Balaban J connectivity index is 2.93. The maximum Gasteiger partial charge on any atom is 0.147 e. The van der Waals surface area contributed by atoms with Crippen molar-refractivity contribution in [1.29, 1.82) is 0 Å². The first kappa shape index (κ1) is 9.68. The number of nitrogens with one attached hydrogen (secondary N) is 1. The summed E-state index contributed by atoms with van der Waals surface area (Å²) < 4.78 is 14.2. The molecule has 0 spiro atoms. The van der Waals surface area contributed by atoms with Gasteiger partial charge in [-0.05, 0) is 19.1 Å². The monoisotopic (exact) mass is 257 g/mol. The molecule has 0 saturated heterocycles. The van der Waals surface area contributed by atoms with Crippen LogP contribution in [0, 0.1) is 12.7 Å². The normalized spacial score (nSPS) is 11.1. The number of aryl methyl sites for hydroxylation is 1. The van der Waals surface area contributed by atoms with Crippen LogP contribution in [-0.4, -0.2) is 10.1 Å². The molecule has 1 aromatic carbocycles. The van der Waals surface area contributed by atoms with Gasteiger partial charge in [0.2, 0.25) is 0 Å². The van der Waals surface area contributed by atoms with Gasteiger partial charge in [-0.1, -0.05) is 15.9 Å². The summed E-state index contributed by atoms with van der Waals surface area (Å²) in [5.74, 6) is -0.300. The Morgan fingerprint density at radius 3 is 2.86 bits per heavy atom. The third-order valence-corrected chi connectivity index (χ3v) is 2.99. The first-order valence-corrected chi connectivity index (χ1v) is 5.00. The van der Waals surface area contributed by atoms with Crippen LogP contribution in [0.2, 0.25) is 0 Å². The fourth-order valence-corrected chi connectivity index (χ4v) is 2.19. The lowest BCUT2D eigenvalue weighted by atomic mass is 10.1. The van der Waals surface area contributed by atoms with Gasteiger partial charge in [-0.15, -0.1) is 0 Å². The van der Waals surface area contributed by atoms with Crippen LogP contribution in [0.15, 0.2) is 16.6 Å². The molecule has 0 amide bonds. The van der Waals surface area contributed by atoms with Gasteiger partial charge in [0.25, 0.3) is 0 Å². The first-order valence-electron chi connectivity index (χ1n) is 4.21. The van der Waals surface area contributed by atoms with E-state index in [1.165, 1.54) is 6.07 Å². The summed E-state index contributed by atoms with van der Waals surface area (Å²) in [7, 11) is 0. The van der Waals surface area contributed by atoms with E-state index in [-0.39, 0.29) is 12.4 Å². The van der Waals surface area contributed by atoms with Crippen LogP contribution in [-0.2, 0) is 6.61 Å². The molecule has 0 fully saturated rings. The molecule has 0 radical (unpaired) electrons. The van der Waals surface area contributed by atoms with E-state index in [2.05, 4.69) is 20.9 Å². The highest BCUT2D eigenvalue weighted by Crippen LogP contribution is 2.31. The van der Waals surface area contributed by atoms with E-state index in [0.717, 1.165) is 21.1 Å². The van der Waals surface area contributed by atoms with E-state index in [1.54, 1.807) is 6.07 Å². The van der Waals surface area contributed by atoms with Crippen LogP contribution in [0.3, 0.4) is 0 Å². The third kappa shape index (κ3) is 1.26. The Morgan fingerprint density at radius 1 is 1.50 bits per heavy atom. The molecule has 4 heteroatoms. The van der Waals surface area contributed by atoms with Gasteiger partial charge in [-0.25, -0.2) is 4.39 Å². The zero-order valence-corrected chi connectivity index (χ0v) is 9.15. The molecule has 14 heavy (non-hydrogen) atoms. The van der Waals surface area contributed by atoms with E-state index >= 15 is 0 Å². The predicted octanol–water partition coefficient (Wildman–Crippen LogP) is 2.87. The Bertz CT molecular complexity index is 492. The molecule has 0 aliphatic rings. The standard InChI is InChI=1S/C10H9BrFNO/c1-5-6(4-14)9-7(11)2-3-8(12)10(9)13-5/h2-3,13-14H,4H2,1H3. The van der Waals surface area contributed by atoms with Crippen molar-refractivity contribution in [3.05, 3.63) is 33.7 Å². The molecule has 0 bridgehead atoms. The fraction of sp³-hybridized carbons (Fsp3) is 0.200. The van der Waals surface area contributed by atoms with Crippen LogP contribution in [0.25, 0.3) is 10.9 Å². The average molecular weight is 258 g/mol. The molecule has 0 aliphatic heterocycles. The summed E-state index contributed by atoms with van der Waals surface area (Å²) in [4.78, 5) is 2.92. The Hall–Kier alpha value is -0.870. The largest absolute Gasteiger partial charge is 0.392 e. The molecule has 1 aromatic heterocycles. The van der Waals surface area contributed by atoms with Crippen LogP contribution in [0.5, 0.6) is 0 Å². The van der Waals surface area contributed by atoms with Crippen LogP contribution < -0.4 is 0 Å². The summed E-state index contributed by atoms with van der Waals surface area (Å²) >= 11 is 3.34. The second kappa shape index (κ2) is 3.37. The van der Waals surface area contributed by atoms with Crippen molar-refractivity contribution in [2.75, 3.05) is 0 Å². The molecule has 2 rings (SSSR count). The lowest BCUT2D eigenvalue weighted by Crippen LogP contribution is -1.84. The summed E-state index contributed by atoms with van der Waals surface area (Å²) in [6, 6.07) is 3.04. The smallest absolute Gasteiger partial charge is 0.147 e. The molecule has 0 saturated carbocycles. The number of hydrogen-bond donors (Lipinski definition) is 2. The maximum absolute atomic E-state index is 13.4. The average Bonchev–Trinajstić information content (AvgIpc) is 2.50. The number of halogens is 2. The Labute approximate surface area is 88.9 Å². The van der Waals surface area contributed by atoms with Crippen molar-refractivity contribution < 1.29 is 9.50 Å². The van der Waals surface area contributed by atoms with Gasteiger partial charge in [0.15, 0.2) is 0 Å². The quantitative estimate of drug-likeness (QED) is 0.810. The van der Waals surface area contributed by atoms with Crippen molar-refractivity contribution >= 4 is 26.8 Å². The predicted molar refractivity (Wildman–Crippen MR) is 56.6 cm³/mol. The molecule has 2 N–H and O–H groups in total. The van der Waals surface area contributed by atoms with E-state index in [9.17, 15) is 4.39 Å². The van der Waals surface area contributed by atoms with Gasteiger partial charge in [0, 0.05) is 21.1 Å². The highest BCUT2D eigenvalue weighted by Gasteiger charge is 2.13. The molecule has 2 aromatic rings. The van der Waals surface area contributed by atoms with Gasteiger partial charge < -0.3 is 10.1 Å². The molecule has 74 valence electrons. The number of rotatable bonds is 1. The van der Waals surface area contributed by atoms with Crippen molar-refractivity contribution in [2.24, 2.45) is 0 Å². The van der Waals surface area contributed by atoms with E-state index in [0.29, 0.717) is 5.52 Å². The molecular weight excluding hydrogens is 249 g/mol. The molecule has 0 aliphatic carbocycles. The van der Waals surface area contributed by atoms with Crippen molar-refractivity contribution in [3.8, 4) is 0 Å². The second-order valence-corrected chi connectivity index (χ2v) is 4.02. The van der Waals surface area contributed by atoms with Crippen molar-refractivity contribution in [2.45, 2.75) is 13.5 Å². The van der Waals surface area contributed by atoms with Gasteiger partial charge in [0.05, 0.1) is 12.1 Å². The first-order chi connectivity index (χ1) is 6.65. The van der Waals surface area contributed by atoms with Crippen LogP contribution in [0.1, 0.15) is 11.3 Å². The summed E-state index contributed by atoms with van der Waals surface area (Å²) in [5.41, 5.74) is 1.99. The summed E-state index contributed by atoms with van der Waals surface area (Å²) in [5, 5.41) is 9.88. The minimum Gasteiger partial charge on any atom is -0.392 e. The minimum atomic E-state index is -0.300. The molecule has 2 nitrogen and oxygen atoms in total. The lowest BCUT2D eigenvalue weighted by Gasteiger charge is -1.98. The minimum absolute atomic E-state index is 0.0894. The second-order valence-electron chi connectivity index (χ2n) is 3.17. The van der Waals surface area contributed by atoms with E-state index in [1.807, 2.05) is 6.92 Å². The van der Waals surface area contributed by atoms with Crippen LogP contribution >= 0.6 is 15.9 Å². The SMILES string of the molecule is Cc1[nH]c2c(F)ccc(Br)c2c1CO. The van der Waals surface area contributed by atoms with Gasteiger partial charge in [0.1, 0.15) is 5.82 Å². The molecule has 0 atom stereocenters. The molecule has 0 unspecified atom stereocenters. The molecule has 1 heterocycles. The van der Waals surface area contributed by atoms with E-state index in [4.69, 9.17) is 5.11 Å². The number of H-pyrrole nitrogens is 1. The summed E-state index contributed by atoms with van der Waals surface area (Å²) in [6.45, 7) is 1.73. The zero-order valence-electron chi connectivity index (χ0n) is 7.56. The highest BCUT2D eigenvalue weighted by molar-refractivity contribution is 9.10. The number of aliphatic hydroxyl groups excluding tert-OH is 1. The highest BCUT2D eigenvalue weighted by atomic mass is 79.9. The lowest BCUT2D eigenvalue weighted by molar-refractivity contribution is 0.282. The van der Waals surface area contributed by atoms with Gasteiger partial charge in [-0.2, -0.15) is 0 Å². The number of aromatic nitrogens is 1. The number of benzene rings is 1. The maximum atomic E-state index is 13.4. The van der Waals surface area contributed by atoms with Crippen molar-refractivity contribution in [3.63, 3.8) is 0 Å². The fourth-order valence-electron chi connectivity index (χ4n) is 1.62. The summed E-state index contributed by atoms with van der Waals surface area (Å²) in [6.07, 6.45) is 0. The van der Waals surface area contributed by atoms with Crippen LogP contribution in [0.4, 0.5) is 4.39 Å². The number of fused-ring (bicyclic) bond motifs is 1. The van der Waals surface area contributed by atoms with Crippen molar-refractivity contribution in [1.82, 2.24) is 4.98 Å². The number of hydrogen-bond acceptors (Lipinski definition) is 1. The number of aliphatic hydroxyl groups is 1. The topological polar surface area (TPSA) is 36.0 Å². The van der Waals surface area contributed by atoms with Gasteiger partial charge >= 0.3 is 0 Å². The molecular formula is C10H9BrFNO. The zero-order chi connectivity index (χ0) is 10.3. The van der Waals surface area contributed by atoms with E-state index < -0.39 is 0 Å².